The van der Waals surface area contributed by atoms with Crippen LogP contribution in [0.3, 0.4) is 0 Å². The SMILES string of the molecule is CCc1ccc(CNC)cc1S(=O)(=O)NCC1CC1. The van der Waals surface area contributed by atoms with E-state index < -0.39 is 10.0 Å². The van der Waals surface area contributed by atoms with Crippen LogP contribution in [0.5, 0.6) is 0 Å². The summed E-state index contributed by atoms with van der Waals surface area (Å²) < 4.78 is 27.5. The molecule has 1 aromatic rings. The molecule has 1 saturated carbocycles. The van der Waals surface area contributed by atoms with Gasteiger partial charge in [-0.15, -0.1) is 0 Å². The predicted octanol–water partition coefficient (Wildman–Crippen LogP) is 1.66. The van der Waals surface area contributed by atoms with Gasteiger partial charge in [-0.3, -0.25) is 0 Å². The summed E-state index contributed by atoms with van der Waals surface area (Å²) in [6, 6.07) is 5.68. The monoisotopic (exact) mass is 282 g/mol. The highest BCUT2D eigenvalue weighted by atomic mass is 32.2. The Morgan fingerprint density at radius 2 is 2.05 bits per heavy atom. The Balaban J connectivity index is 2.25. The van der Waals surface area contributed by atoms with Crippen LogP contribution in [-0.2, 0) is 23.0 Å². The van der Waals surface area contributed by atoms with E-state index >= 15 is 0 Å². The molecule has 1 aliphatic rings. The van der Waals surface area contributed by atoms with Gasteiger partial charge in [0.15, 0.2) is 0 Å². The summed E-state index contributed by atoms with van der Waals surface area (Å²) in [5.41, 5.74) is 1.87. The van der Waals surface area contributed by atoms with Gasteiger partial charge < -0.3 is 5.32 Å². The molecule has 1 aromatic carbocycles. The minimum absolute atomic E-state index is 0.434. The minimum Gasteiger partial charge on any atom is -0.316 e. The number of sulfonamides is 1. The smallest absolute Gasteiger partial charge is 0.240 e. The molecule has 19 heavy (non-hydrogen) atoms. The summed E-state index contributed by atoms with van der Waals surface area (Å²) in [6.45, 7) is 3.23. The average Bonchev–Trinajstić information content (AvgIpc) is 3.21. The Morgan fingerprint density at radius 3 is 2.63 bits per heavy atom. The van der Waals surface area contributed by atoms with Crippen molar-refractivity contribution in [1.29, 1.82) is 0 Å². The van der Waals surface area contributed by atoms with Crippen LogP contribution < -0.4 is 10.0 Å². The third-order valence-corrected chi connectivity index (χ3v) is 4.95. The topological polar surface area (TPSA) is 58.2 Å². The lowest BCUT2D eigenvalue weighted by Crippen LogP contribution is -2.27. The molecule has 0 aliphatic heterocycles. The van der Waals surface area contributed by atoms with Crippen molar-refractivity contribution in [2.45, 2.75) is 37.6 Å². The van der Waals surface area contributed by atoms with E-state index in [0.717, 1.165) is 30.4 Å². The maximum atomic E-state index is 12.4. The van der Waals surface area contributed by atoms with Crippen molar-refractivity contribution >= 4 is 10.0 Å². The van der Waals surface area contributed by atoms with E-state index in [0.29, 0.717) is 23.9 Å². The first-order chi connectivity index (χ1) is 9.06. The van der Waals surface area contributed by atoms with E-state index in [-0.39, 0.29) is 0 Å². The second kappa shape index (κ2) is 6.03. The van der Waals surface area contributed by atoms with E-state index in [1.165, 1.54) is 0 Å². The normalized spacial score (nSPS) is 15.7. The molecule has 1 fully saturated rings. The molecule has 0 radical (unpaired) electrons. The highest BCUT2D eigenvalue weighted by Gasteiger charge is 2.25. The first kappa shape index (κ1) is 14.5. The summed E-state index contributed by atoms with van der Waals surface area (Å²) in [4.78, 5) is 0.434. The van der Waals surface area contributed by atoms with Crippen LogP contribution >= 0.6 is 0 Å². The molecule has 0 heterocycles. The van der Waals surface area contributed by atoms with E-state index in [2.05, 4.69) is 10.0 Å². The number of aryl methyl sites for hydroxylation is 1. The van der Waals surface area contributed by atoms with E-state index in [9.17, 15) is 8.42 Å². The molecule has 0 atom stereocenters. The van der Waals surface area contributed by atoms with Crippen molar-refractivity contribution in [2.75, 3.05) is 13.6 Å². The molecule has 0 aromatic heterocycles. The Hall–Kier alpha value is -0.910. The lowest BCUT2D eigenvalue weighted by Gasteiger charge is -2.12. The van der Waals surface area contributed by atoms with Gasteiger partial charge >= 0.3 is 0 Å². The molecular weight excluding hydrogens is 260 g/mol. The summed E-state index contributed by atoms with van der Waals surface area (Å²) in [5, 5.41) is 3.05. The lowest BCUT2D eigenvalue weighted by atomic mass is 10.1. The zero-order valence-corrected chi connectivity index (χ0v) is 12.4. The minimum atomic E-state index is -3.38. The lowest BCUT2D eigenvalue weighted by molar-refractivity contribution is 0.576. The second-order valence-corrected chi connectivity index (χ2v) is 6.86. The Labute approximate surface area is 115 Å². The van der Waals surface area contributed by atoms with E-state index in [4.69, 9.17) is 0 Å². The van der Waals surface area contributed by atoms with Gasteiger partial charge in [-0.05, 0) is 49.4 Å². The number of hydrogen-bond acceptors (Lipinski definition) is 3. The van der Waals surface area contributed by atoms with Crippen LogP contribution in [-0.4, -0.2) is 22.0 Å². The fourth-order valence-corrected chi connectivity index (χ4v) is 3.56. The van der Waals surface area contributed by atoms with Crippen LogP contribution in [0.15, 0.2) is 23.1 Å². The molecule has 1 aliphatic carbocycles. The molecule has 106 valence electrons. The van der Waals surface area contributed by atoms with Crippen molar-refractivity contribution in [3.8, 4) is 0 Å². The maximum Gasteiger partial charge on any atom is 0.240 e. The van der Waals surface area contributed by atoms with Crippen molar-refractivity contribution in [2.24, 2.45) is 5.92 Å². The summed E-state index contributed by atoms with van der Waals surface area (Å²) in [7, 11) is -1.52. The quantitative estimate of drug-likeness (QED) is 0.799. The molecule has 0 spiro atoms. The Bertz CT molecular complexity index is 536. The van der Waals surface area contributed by atoms with Crippen LogP contribution in [0.2, 0.25) is 0 Å². The van der Waals surface area contributed by atoms with Gasteiger partial charge in [-0.2, -0.15) is 0 Å². The molecule has 2 rings (SSSR count). The fourth-order valence-electron chi connectivity index (χ4n) is 2.08. The summed E-state index contributed by atoms with van der Waals surface area (Å²) >= 11 is 0. The van der Waals surface area contributed by atoms with Gasteiger partial charge in [0.1, 0.15) is 0 Å². The van der Waals surface area contributed by atoms with Gasteiger partial charge in [0.25, 0.3) is 0 Å². The molecule has 0 unspecified atom stereocenters. The second-order valence-electron chi connectivity index (χ2n) is 5.12. The average molecular weight is 282 g/mol. The highest BCUT2D eigenvalue weighted by Crippen LogP contribution is 2.28. The van der Waals surface area contributed by atoms with Gasteiger partial charge in [0, 0.05) is 13.1 Å². The van der Waals surface area contributed by atoms with Gasteiger partial charge in [-0.1, -0.05) is 19.1 Å². The highest BCUT2D eigenvalue weighted by molar-refractivity contribution is 7.89. The molecule has 0 saturated heterocycles. The zero-order valence-electron chi connectivity index (χ0n) is 11.6. The number of hydrogen-bond donors (Lipinski definition) is 2. The van der Waals surface area contributed by atoms with Gasteiger partial charge in [0.05, 0.1) is 4.90 Å². The van der Waals surface area contributed by atoms with Crippen LogP contribution in [0, 0.1) is 5.92 Å². The zero-order chi connectivity index (χ0) is 13.9. The van der Waals surface area contributed by atoms with Crippen molar-refractivity contribution in [3.63, 3.8) is 0 Å². The molecular formula is C14H22N2O2S. The van der Waals surface area contributed by atoms with Crippen molar-refractivity contribution in [3.05, 3.63) is 29.3 Å². The molecule has 4 nitrogen and oxygen atoms in total. The van der Waals surface area contributed by atoms with E-state index in [1.54, 1.807) is 6.07 Å². The first-order valence-corrected chi connectivity index (χ1v) is 8.31. The third-order valence-electron chi connectivity index (χ3n) is 3.44. The first-order valence-electron chi connectivity index (χ1n) is 6.83. The molecule has 2 N–H and O–H groups in total. The van der Waals surface area contributed by atoms with Gasteiger partial charge in [0.2, 0.25) is 10.0 Å². The van der Waals surface area contributed by atoms with Crippen molar-refractivity contribution < 1.29 is 8.42 Å². The van der Waals surface area contributed by atoms with Crippen LogP contribution in [0.4, 0.5) is 0 Å². The molecule has 0 bridgehead atoms. The number of benzene rings is 1. The largest absolute Gasteiger partial charge is 0.316 e. The molecule has 0 amide bonds. The van der Waals surface area contributed by atoms with E-state index in [1.807, 2.05) is 26.1 Å². The maximum absolute atomic E-state index is 12.4. The predicted molar refractivity (Wildman–Crippen MR) is 76.5 cm³/mol. The Kier molecular flexibility index (Phi) is 4.60. The van der Waals surface area contributed by atoms with Gasteiger partial charge in [-0.25, -0.2) is 13.1 Å². The van der Waals surface area contributed by atoms with Crippen molar-refractivity contribution in [1.82, 2.24) is 10.0 Å². The fraction of sp³-hybridized carbons (Fsp3) is 0.571. The Morgan fingerprint density at radius 1 is 1.32 bits per heavy atom. The van der Waals surface area contributed by atoms with Crippen LogP contribution in [0.1, 0.15) is 30.9 Å². The summed E-state index contributed by atoms with van der Waals surface area (Å²) in [6.07, 6.45) is 3.01. The standard InChI is InChI=1S/C14H22N2O2S/c1-3-13-7-6-12(9-15-2)8-14(13)19(17,18)16-10-11-4-5-11/h6-8,11,15-16H,3-5,9-10H2,1-2H3. The van der Waals surface area contributed by atoms with Crippen LogP contribution in [0.25, 0.3) is 0 Å². The number of rotatable bonds is 7. The molecule has 5 heteroatoms. The third kappa shape index (κ3) is 3.78. The summed E-state index contributed by atoms with van der Waals surface area (Å²) in [5.74, 6) is 0.542. The number of nitrogens with one attached hydrogen (secondary N) is 2.